The Labute approximate surface area is 233 Å². The van der Waals surface area contributed by atoms with Crippen LogP contribution < -0.4 is 10.6 Å². The van der Waals surface area contributed by atoms with Gasteiger partial charge in [0.2, 0.25) is 5.91 Å². The summed E-state index contributed by atoms with van der Waals surface area (Å²) in [6.07, 6.45) is 3.05. The van der Waals surface area contributed by atoms with Crippen molar-refractivity contribution in [2.75, 3.05) is 0 Å². The molecule has 3 N–H and O–H groups in total. The minimum absolute atomic E-state index is 0.00275. The molecule has 2 unspecified atom stereocenters. The molecule has 1 heterocycles. The van der Waals surface area contributed by atoms with E-state index in [2.05, 4.69) is 15.6 Å². The fourth-order valence-electron chi connectivity index (χ4n) is 4.40. The molecule has 0 aliphatic heterocycles. The number of thiazole rings is 1. The van der Waals surface area contributed by atoms with Gasteiger partial charge in [0.1, 0.15) is 10.7 Å². The molecule has 39 heavy (non-hydrogen) atoms. The summed E-state index contributed by atoms with van der Waals surface area (Å²) in [4.78, 5) is 53.5. The van der Waals surface area contributed by atoms with Crippen LogP contribution in [-0.2, 0) is 25.5 Å². The van der Waals surface area contributed by atoms with Crippen molar-refractivity contribution < 1.29 is 29.0 Å². The molecule has 2 amide bonds. The van der Waals surface area contributed by atoms with E-state index in [9.17, 15) is 24.3 Å². The SMILES string of the molecule is CC(=O)OC(CC(NC(=O)CC1CC1)C(C)C)c1nc(C(=O)N[C@@H](Cc2ccccc2)C[C@H](C)C(=O)O)cs1. The molecular weight excluding hydrogens is 518 g/mol. The van der Waals surface area contributed by atoms with Crippen molar-refractivity contribution in [3.05, 3.63) is 52.0 Å². The van der Waals surface area contributed by atoms with Crippen molar-refractivity contribution in [2.45, 2.75) is 84.4 Å². The average Bonchev–Trinajstić information content (AvgIpc) is 3.53. The zero-order chi connectivity index (χ0) is 28.5. The number of carboxylic acid groups (broad SMARTS) is 1. The van der Waals surface area contributed by atoms with Crippen LogP contribution in [0, 0.1) is 17.8 Å². The number of nitrogens with zero attached hydrogens (tertiary/aromatic N) is 1. The number of rotatable bonds is 15. The molecule has 3 rings (SSSR count). The number of carbonyl (C=O) groups excluding carboxylic acids is 3. The van der Waals surface area contributed by atoms with Crippen LogP contribution in [0.4, 0.5) is 0 Å². The lowest BCUT2D eigenvalue weighted by molar-refractivity contribution is -0.147. The molecule has 0 bridgehead atoms. The zero-order valence-corrected chi connectivity index (χ0v) is 23.8. The van der Waals surface area contributed by atoms with E-state index in [1.165, 1.54) is 18.3 Å². The topological polar surface area (TPSA) is 135 Å². The number of carbonyl (C=O) groups is 4. The molecule has 1 aliphatic carbocycles. The van der Waals surface area contributed by atoms with Gasteiger partial charge in [-0.3, -0.25) is 19.2 Å². The number of hydrogen-bond donors (Lipinski definition) is 3. The molecular formula is C29H39N3O6S. The molecule has 4 atom stereocenters. The minimum atomic E-state index is -0.925. The summed E-state index contributed by atoms with van der Waals surface area (Å²) >= 11 is 1.22. The summed E-state index contributed by atoms with van der Waals surface area (Å²) in [6, 6.07) is 8.93. The molecule has 1 aromatic heterocycles. The maximum atomic E-state index is 13.2. The third-order valence-corrected chi connectivity index (χ3v) is 7.78. The maximum absolute atomic E-state index is 13.2. The van der Waals surface area contributed by atoms with Gasteiger partial charge in [-0.1, -0.05) is 51.1 Å². The van der Waals surface area contributed by atoms with Gasteiger partial charge < -0.3 is 20.5 Å². The Morgan fingerprint density at radius 1 is 1.08 bits per heavy atom. The summed E-state index contributed by atoms with van der Waals surface area (Å²) in [5.41, 5.74) is 1.16. The lowest BCUT2D eigenvalue weighted by Gasteiger charge is -2.26. The first-order chi connectivity index (χ1) is 18.5. The highest BCUT2D eigenvalue weighted by molar-refractivity contribution is 7.09. The van der Waals surface area contributed by atoms with Gasteiger partial charge in [0.05, 0.1) is 5.92 Å². The Morgan fingerprint density at radius 3 is 2.36 bits per heavy atom. The number of hydrogen-bond acceptors (Lipinski definition) is 7. The molecule has 212 valence electrons. The van der Waals surface area contributed by atoms with E-state index in [1.807, 2.05) is 44.2 Å². The largest absolute Gasteiger partial charge is 0.481 e. The van der Waals surface area contributed by atoms with Crippen molar-refractivity contribution in [1.82, 2.24) is 15.6 Å². The van der Waals surface area contributed by atoms with E-state index in [1.54, 1.807) is 12.3 Å². The smallest absolute Gasteiger partial charge is 0.306 e. The summed E-state index contributed by atoms with van der Waals surface area (Å²) in [5.74, 6) is -1.89. The van der Waals surface area contributed by atoms with Gasteiger partial charge in [-0.05, 0) is 43.1 Å². The summed E-state index contributed by atoms with van der Waals surface area (Å²) in [7, 11) is 0. The standard InChI is InChI=1S/C29H39N3O6S/c1-17(2)23(31-26(34)14-21-10-11-21)15-25(38-19(4)33)28-32-24(16-39-28)27(35)30-22(12-18(3)29(36)37)13-20-8-6-5-7-9-20/h5-9,16-18,21-23,25H,10-15H2,1-4H3,(H,30,35)(H,31,34)(H,36,37)/t18-,22+,23?,25?/m0/s1. The fraction of sp³-hybridized carbons (Fsp3) is 0.552. The van der Waals surface area contributed by atoms with E-state index in [0.717, 1.165) is 18.4 Å². The lowest BCUT2D eigenvalue weighted by Crippen LogP contribution is -2.40. The van der Waals surface area contributed by atoms with Crippen LogP contribution >= 0.6 is 11.3 Å². The number of esters is 1. The van der Waals surface area contributed by atoms with Gasteiger partial charge in [-0.2, -0.15) is 0 Å². The van der Waals surface area contributed by atoms with Crippen LogP contribution in [-0.4, -0.2) is 45.9 Å². The molecule has 0 spiro atoms. The number of aliphatic carboxylic acids is 1. The fourth-order valence-corrected chi connectivity index (χ4v) is 5.24. The van der Waals surface area contributed by atoms with Crippen LogP contribution in [0.3, 0.4) is 0 Å². The van der Waals surface area contributed by atoms with Crippen LogP contribution in [0.1, 0.15) is 87.0 Å². The predicted octanol–water partition coefficient (Wildman–Crippen LogP) is 4.53. The molecule has 1 aromatic carbocycles. The summed E-state index contributed by atoms with van der Waals surface area (Å²) < 4.78 is 5.58. The Balaban J connectivity index is 1.72. The third-order valence-electron chi connectivity index (χ3n) is 6.85. The molecule has 1 saturated carbocycles. The van der Waals surface area contributed by atoms with Gasteiger partial charge in [-0.15, -0.1) is 11.3 Å². The van der Waals surface area contributed by atoms with Crippen LogP contribution in [0.15, 0.2) is 35.7 Å². The molecule has 0 radical (unpaired) electrons. The quantitative estimate of drug-likeness (QED) is 0.274. The average molecular weight is 558 g/mol. The van der Waals surface area contributed by atoms with Crippen molar-refractivity contribution in [1.29, 1.82) is 0 Å². The normalized spacial score (nSPS) is 16.1. The van der Waals surface area contributed by atoms with E-state index in [4.69, 9.17) is 4.74 Å². The number of ether oxygens (including phenoxy) is 1. The molecule has 10 heteroatoms. The monoisotopic (exact) mass is 557 g/mol. The summed E-state index contributed by atoms with van der Waals surface area (Å²) in [5, 5.41) is 17.5. The zero-order valence-electron chi connectivity index (χ0n) is 23.0. The molecule has 1 fully saturated rings. The van der Waals surface area contributed by atoms with Crippen molar-refractivity contribution in [2.24, 2.45) is 17.8 Å². The van der Waals surface area contributed by atoms with Crippen molar-refractivity contribution in [3.63, 3.8) is 0 Å². The highest BCUT2D eigenvalue weighted by Crippen LogP contribution is 2.33. The number of aromatic nitrogens is 1. The molecule has 0 saturated heterocycles. The molecule has 2 aromatic rings. The van der Waals surface area contributed by atoms with Gasteiger partial charge in [0, 0.05) is 37.2 Å². The summed E-state index contributed by atoms with van der Waals surface area (Å²) in [6.45, 7) is 6.94. The number of nitrogens with one attached hydrogen (secondary N) is 2. The van der Waals surface area contributed by atoms with Crippen LogP contribution in [0.25, 0.3) is 0 Å². The highest BCUT2D eigenvalue weighted by Gasteiger charge is 2.30. The van der Waals surface area contributed by atoms with Gasteiger partial charge in [0.15, 0.2) is 6.10 Å². The lowest BCUT2D eigenvalue weighted by atomic mass is 9.96. The predicted molar refractivity (Wildman–Crippen MR) is 148 cm³/mol. The van der Waals surface area contributed by atoms with Gasteiger partial charge in [0.25, 0.3) is 5.91 Å². The van der Waals surface area contributed by atoms with E-state index in [0.29, 0.717) is 30.2 Å². The Bertz CT molecular complexity index is 1130. The number of amides is 2. The second kappa shape index (κ2) is 14.2. The van der Waals surface area contributed by atoms with Gasteiger partial charge in [-0.25, -0.2) is 4.98 Å². The van der Waals surface area contributed by atoms with Gasteiger partial charge >= 0.3 is 11.9 Å². The molecule has 9 nitrogen and oxygen atoms in total. The Hall–Kier alpha value is -3.27. The third kappa shape index (κ3) is 10.1. The molecule has 1 aliphatic rings. The second-order valence-corrected chi connectivity index (χ2v) is 11.7. The second-order valence-electron chi connectivity index (χ2n) is 10.8. The van der Waals surface area contributed by atoms with E-state index >= 15 is 0 Å². The highest BCUT2D eigenvalue weighted by atomic mass is 32.1. The minimum Gasteiger partial charge on any atom is -0.481 e. The van der Waals surface area contributed by atoms with Crippen molar-refractivity contribution in [3.8, 4) is 0 Å². The first kappa shape index (κ1) is 30.3. The van der Waals surface area contributed by atoms with E-state index in [-0.39, 0.29) is 30.0 Å². The Kier molecular flexibility index (Phi) is 11.0. The van der Waals surface area contributed by atoms with Crippen LogP contribution in [0.5, 0.6) is 0 Å². The van der Waals surface area contributed by atoms with Crippen molar-refractivity contribution >= 4 is 35.1 Å². The Morgan fingerprint density at radius 2 is 1.77 bits per heavy atom. The van der Waals surface area contributed by atoms with Crippen LogP contribution in [0.2, 0.25) is 0 Å². The number of carboxylic acids is 1. The maximum Gasteiger partial charge on any atom is 0.306 e. The number of benzene rings is 1. The first-order valence-corrected chi connectivity index (χ1v) is 14.4. The first-order valence-electron chi connectivity index (χ1n) is 13.5. The van der Waals surface area contributed by atoms with E-state index < -0.39 is 35.9 Å².